The normalized spacial score (nSPS) is 29.6. The molecule has 1 aliphatic rings. The molecule has 0 aromatic heterocycles. The van der Waals surface area contributed by atoms with E-state index in [9.17, 15) is 10.2 Å². The van der Waals surface area contributed by atoms with Gasteiger partial charge in [0.05, 0.1) is 17.6 Å². The van der Waals surface area contributed by atoms with E-state index in [1.165, 1.54) is 0 Å². The van der Waals surface area contributed by atoms with Crippen LogP contribution in [-0.4, -0.2) is 22.4 Å². The Morgan fingerprint density at radius 1 is 0.850 bits per heavy atom. The van der Waals surface area contributed by atoms with Gasteiger partial charge in [-0.15, -0.1) is 0 Å². The van der Waals surface area contributed by atoms with Crippen LogP contribution in [0.5, 0.6) is 0 Å². The van der Waals surface area contributed by atoms with Gasteiger partial charge in [0.1, 0.15) is 0 Å². The van der Waals surface area contributed by atoms with Crippen LogP contribution >= 0.6 is 15.9 Å². The van der Waals surface area contributed by atoms with Gasteiger partial charge < -0.3 is 10.2 Å². The molecule has 0 bridgehead atoms. The fraction of sp³-hybridized carbons (Fsp3) is 0.294. The Hall–Kier alpha value is -1.16. The van der Waals surface area contributed by atoms with Crippen molar-refractivity contribution in [3.8, 4) is 0 Å². The van der Waals surface area contributed by atoms with E-state index < -0.39 is 17.6 Å². The molecule has 2 nitrogen and oxygen atoms in total. The second-order valence-corrected chi connectivity index (χ2v) is 6.27. The molecule has 0 spiro atoms. The van der Waals surface area contributed by atoms with Gasteiger partial charge in [0.25, 0.3) is 0 Å². The maximum atomic E-state index is 10.6. The number of rotatable bonds is 2. The van der Waals surface area contributed by atoms with Gasteiger partial charge in [-0.1, -0.05) is 58.4 Å². The van der Waals surface area contributed by atoms with Gasteiger partial charge in [-0.3, -0.25) is 0 Å². The highest BCUT2D eigenvalue weighted by atomic mass is 79.9. The molecule has 20 heavy (non-hydrogen) atoms. The van der Waals surface area contributed by atoms with Crippen molar-refractivity contribution < 1.29 is 10.2 Å². The fourth-order valence-corrected chi connectivity index (χ4v) is 3.79. The largest absolute Gasteiger partial charge is 0.392 e. The topological polar surface area (TPSA) is 40.5 Å². The lowest BCUT2D eigenvalue weighted by atomic mass is 9.70. The van der Waals surface area contributed by atoms with Crippen LogP contribution in [0.15, 0.2) is 59.1 Å². The van der Waals surface area contributed by atoms with Crippen LogP contribution in [0.3, 0.4) is 0 Å². The van der Waals surface area contributed by atoms with Gasteiger partial charge >= 0.3 is 0 Å². The Morgan fingerprint density at radius 2 is 1.45 bits per heavy atom. The third kappa shape index (κ3) is 2.01. The van der Waals surface area contributed by atoms with Crippen LogP contribution in [-0.2, 0) is 5.41 Å². The van der Waals surface area contributed by atoms with Crippen molar-refractivity contribution in [1.29, 1.82) is 0 Å². The van der Waals surface area contributed by atoms with Crippen molar-refractivity contribution in [2.75, 3.05) is 0 Å². The summed E-state index contributed by atoms with van der Waals surface area (Å²) >= 11 is 3.48. The molecule has 3 heteroatoms. The molecule has 0 aliphatic heterocycles. The molecule has 2 aromatic rings. The number of aliphatic hydroxyl groups excluding tert-OH is 2. The molecule has 104 valence electrons. The standard InChI is InChI=1S/C17H17BrO2/c18-14-8-4-7-13(11-14)17(12-5-2-1-3-6-12)15(19)9-10-16(17)20/h1-8,11,15-16,19-20H,9-10H2. The molecule has 0 saturated heterocycles. The van der Waals surface area contributed by atoms with E-state index in [-0.39, 0.29) is 0 Å². The molecule has 1 aliphatic carbocycles. The van der Waals surface area contributed by atoms with Crippen LogP contribution in [0.4, 0.5) is 0 Å². The first kappa shape index (κ1) is 13.8. The molecule has 0 amide bonds. The van der Waals surface area contributed by atoms with E-state index in [1.807, 2.05) is 54.6 Å². The number of hydrogen-bond acceptors (Lipinski definition) is 2. The van der Waals surface area contributed by atoms with Gasteiger partial charge in [0.15, 0.2) is 0 Å². The smallest absolute Gasteiger partial charge is 0.0721 e. The van der Waals surface area contributed by atoms with Crippen molar-refractivity contribution in [3.05, 3.63) is 70.2 Å². The molecule has 2 aromatic carbocycles. The highest BCUT2D eigenvalue weighted by molar-refractivity contribution is 9.10. The summed E-state index contributed by atoms with van der Waals surface area (Å²) in [5.41, 5.74) is 1.19. The van der Waals surface area contributed by atoms with E-state index in [1.54, 1.807) is 0 Å². The first-order chi connectivity index (χ1) is 9.65. The Bertz CT molecular complexity index is 587. The number of halogens is 1. The van der Waals surface area contributed by atoms with E-state index in [0.717, 1.165) is 15.6 Å². The average Bonchev–Trinajstić information content (AvgIpc) is 2.76. The Morgan fingerprint density at radius 3 is 2.05 bits per heavy atom. The molecular formula is C17H17BrO2. The Balaban J connectivity index is 2.24. The zero-order valence-corrected chi connectivity index (χ0v) is 12.6. The van der Waals surface area contributed by atoms with Gasteiger partial charge in [-0.05, 0) is 36.1 Å². The molecule has 1 saturated carbocycles. The molecule has 0 heterocycles. The lowest BCUT2D eigenvalue weighted by molar-refractivity contribution is 0.0588. The fourth-order valence-electron chi connectivity index (χ4n) is 3.39. The van der Waals surface area contributed by atoms with Crippen LogP contribution in [0, 0.1) is 0 Å². The van der Waals surface area contributed by atoms with Crippen molar-refractivity contribution in [3.63, 3.8) is 0 Å². The minimum Gasteiger partial charge on any atom is -0.392 e. The summed E-state index contributed by atoms with van der Waals surface area (Å²) in [5.74, 6) is 0. The summed E-state index contributed by atoms with van der Waals surface area (Å²) in [6, 6.07) is 17.7. The van der Waals surface area contributed by atoms with Crippen molar-refractivity contribution in [2.24, 2.45) is 0 Å². The second-order valence-electron chi connectivity index (χ2n) is 5.35. The lowest BCUT2D eigenvalue weighted by Gasteiger charge is -2.37. The van der Waals surface area contributed by atoms with E-state index in [0.29, 0.717) is 12.8 Å². The minimum atomic E-state index is -0.731. The molecule has 2 N–H and O–H groups in total. The first-order valence-electron chi connectivity index (χ1n) is 6.83. The third-order valence-corrected chi connectivity index (χ3v) is 4.81. The highest BCUT2D eigenvalue weighted by Gasteiger charge is 2.51. The number of hydrogen-bond donors (Lipinski definition) is 2. The predicted molar refractivity (Wildman–Crippen MR) is 82.6 cm³/mol. The molecule has 1 fully saturated rings. The lowest BCUT2D eigenvalue weighted by Crippen LogP contribution is -2.44. The summed E-state index contributed by atoms with van der Waals surface area (Å²) < 4.78 is 0.955. The number of benzene rings is 2. The van der Waals surface area contributed by atoms with Crippen molar-refractivity contribution in [1.82, 2.24) is 0 Å². The summed E-state index contributed by atoms with van der Waals surface area (Å²) in [6.45, 7) is 0. The van der Waals surface area contributed by atoms with Crippen molar-refractivity contribution >= 4 is 15.9 Å². The quantitative estimate of drug-likeness (QED) is 0.886. The first-order valence-corrected chi connectivity index (χ1v) is 7.62. The summed E-state index contributed by atoms with van der Waals surface area (Å²) in [7, 11) is 0. The zero-order chi connectivity index (χ0) is 14.2. The minimum absolute atomic E-state index is 0.575. The van der Waals surface area contributed by atoms with E-state index in [4.69, 9.17) is 0 Å². The monoisotopic (exact) mass is 332 g/mol. The predicted octanol–water partition coefficient (Wildman–Crippen LogP) is 3.25. The van der Waals surface area contributed by atoms with Gasteiger partial charge in [0.2, 0.25) is 0 Å². The maximum Gasteiger partial charge on any atom is 0.0721 e. The maximum absolute atomic E-state index is 10.6. The van der Waals surface area contributed by atoms with Crippen LogP contribution < -0.4 is 0 Å². The average molecular weight is 333 g/mol. The Labute approximate surface area is 127 Å². The van der Waals surface area contributed by atoms with Crippen LogP contribution in [0.2, 0.25) is 0 Å². The molecule has 0 radical (unpaired) electrons. The van der Waals surface area contributed by atoms with Gasteiger partial charge in [-0.25, -0.2) is 0 Å². The summed E-state index contributed by atoms with van der Waals surface area (Å²) in [5, 5.41) is 21.3. The zero-order valence-electron chi connectivity index (χ0n) is 11.0. The Kier molecular flexibility index (Phi) is 3.67. The summed E-state index contributed by atoms with van der Waals surface area (Å²) in [4.78, 5) is 0. The highest BCUT2D eigenvalue weighted by Crippen LogP contribution is 2.47. The van der Waals surface area contributed by atoms with Gasteiger partial charge in [0, 0.05) is 4.47 Å². The van der Waals surface area contributed by atoms with Crippen LogP contribution in [0.25, 0.3) is 0 Å². The SMILES string of the molecule is OC1CCC(O)C1(c1ccccc1)c1cccc(Br)c1. The van der Waals surface area contributed by atoms with E-state index in [2.05, 4.69) is 15.9 Å². The summed E-state index contributed by atoms with van der Waals surface area (Å²) in [6.07, 6.45) is 0.0777. The number of aliphatic hydroxyl groups is 2. The second kappa shape index (κ2) is 5.32. The van der Waals surface area contributed by atoms with Crippen LogP contribution in [0.1, 0.15) is 24.0 Å². The molecule has 3 rings (SSSR count). The molecular weight excluding hydrogens is 316 g/mol. The van der Waals surface area contributed by atoms with Crippen molar-refractivity contribution in [2.45, 2.75) is 30.5 Å². The molecule has 2 unspecified atom stereocenters. The molecule has 2 atom stereocenters. The third-order valence-electron chi connectivity index (χ3n) is 4.32. The van der Waals surface area contributed by atoms with E-state index >= 15 is 0 Å². The van der Waals surface area contributed by atoms with Gasteiger partial charge in [-0.2, -0.15) is 0 Å².